The number of anilines is 1. The van der Waals surface area contributed by atoms with Gasteiger partial charge in [0, 0.05) is 5.69 Å². The zero-order valence-electron chi connectivity index (χ0n) is 14.5. The van der Waals surface area contributed by atoms with Crippen LogP contribution in [-0.4, -0.2) is 26.2 Å². The van der Waals surface area contributed by atoms with E-state index in [-0.39, 0.29) is 0 Å². The number of hydrogen-bond acceptors (Lipinski definition) is 3. The number of nitrogens with zero attached hydrogens (tertiary/aromatic N) is 1. The second-order valence-electron chi connectivity index (χ2n) is 5.69. The summed E-state index contributed by atoms with van der Waals surface area (Å²) < 4.78 is 10.8. The second-order valence-corrected chi connectivity index (χ2v) is 5.69. The number of rotatable bonds is 7. The molecule has 0 atom stereocenters. The van der Waals surface area contributed by atoms with Crippen LogP contribution in [0.25, 0.3) is 0 Å². The Hall–Kier alpha value is -2.69. The van der Waals surface area contributed by atoms with Crippen molar-refractivity contribution in [1.82, 2.24) is 0 Å². The van der Waals surface area contributed by atoms with Crippen LogP contribution in [0.2, 0.25) is 0 Å². The summed E-state index contributed by atoms with van der Waals surface area (Å²) in [6, 6.07) is 15.6. The van der Waals surface area contributed by atoms with Crippen molar-refractivity contribution in [1.29, 1.82) is 0 Å². The van der Waals surface area contributed by atoms with Gasteiger partial charge in [-0.2, -0.15) is 0 Å². The number of ether oxygens (including phenoxy) is 2. The van der Waals surface area contributed by atoms with Crippen molar-refractivity contribution in [3.8, 4) is 11.5 Å². The van der Waals surface area contributed by atoms with Crippen molar-refractivity contribution in [3.05, 3.63) is 54.1 Å². The molecule has 2 aromatic carbocycles. The Bertz CT molecular complexity index is 649. The Kier molecular flexibility index (Phi) is 6.49. The third-order valence-electron chi connectivity index (χ3n) is 3.55. The van der Waals surface area contributed by atoms with Crippen molar-refractivity contribution < 1.29 is 9.47 Å². The minimum absolute atomic E-state index is 0.360. The Morgan fingerprint density at radius 2 is 1.67 bits per heavy atom. The number of benzene rings is 2. The van der Waals surface area contributed by atoms with Gasteiger partial charge in [-0.15, -0.1) is 0 Å². The maximum atomic E-state index is 5.86. The topological polar surface area (TPSA) is 68.9 Å². The van der Waals surface area contributed by atoms with E-state index in [1.165, 1.54) is 5.56 Å². The van der Waals surface area contributed by atoms with Gasteiger partial charge in [-0.1, -0.05) is 26.0 Å². The van der Waals surface area contributed by atoms with E-state index in [4.69, 9.17) is 15.2 Å². The van der Waals surface area contributed by atoms with Gasteiger partial charge in [-0.25, -0.2) is 4.99 Å². The number of aliphatic imine (C=N–C) groups is 1. The maximum absolute atomic E-state index is 5.86. The average molecular weight is 327 g/mol. The molecule has 0 unspecified atom stereocenters. The van der Waals surface area contributed by atoms with E-state index in [0.29, 0.717) is 25.0 Å². The molecule has 5 nitrogen and oxygen atoms in total. The summed E-state index contributed by atoms with van der Waals surface area (Å²) in [5.74, 6) is 2.52. The zero-order chi connectivity index (χ0) is 17.4. The fourth-order valence-corrected chi connectivity index (χ4v) is 2.14. The number of methoxy groups -OCH3 is 1. The molecule has 0 fully saturated rings. The Morgan fingerprint density at radius 1 is 1.04 bits per heavy atom. The van der Waals surface area contributed by atoms with Gasteiger partial charge in [-0.05, 0) is 47.9 Å². The summed E-state index contributed by atoms with van der Waals surface area (Å²) in [6.07, 6.45) is 0. The van der Waals surface area contributed by atoms with E-state index < -0.39 is 0 Å². The van der Waals surface area contributed by atoms with Gasteiger partial charge in [0.2, 0.25) is 0 Å². The van der Waals surface area contributed by atoms with Crippen LogP contribution < -0.4 is 20.5 Å². The molecule has 0 radical (unpaired) electrons. The Morgan fingerprint density at radius 3 is 2.25 bits per heavy atom. The van der Waals surface area contributed by atoms with Crippen LogP contribution >= 0.6 is 0 Å². The van der Waals surface area contributed by atoms with Crippen LogP contribution in [0.4, 0.5) is 5.69 Å². The van der Waals surface area contributed by atoms with E-state index in [1.54, 1.807) is 7.11 Å². The smallest absolute Gasteiger partial charge is 0.193 e. The first-order valence-electron chi connectivity index (χ1n) is 8.02. The highest BCUT2D eigenvalue weighted by Gasteiger charge is 2.00. The van der Waals surface area contributed by atoms with E-state index in [2.05, 4.69) is 36.3 Å². The number of guanidine groups is 1. The van der Waals surface area contributed by atoms with Gasteiger partial charge < -0.3 is 20.5 Å². The molecule has 0 spiro atoms. The SMILES string of the molecule is COc1ccc(NC(N)=NCCOc2ccc(C(C)C)cc2)cc1. The first kappa shape index (κ1) is 17.7. The van der Waals surface area contributed by atoms with Crippen LogP contribution in [-0.2, 0) is 0 Å². The fraction of sp³-hybridized carbons (Fsp3) is 0.316. The molecule has 5 heteroatoms. The highest BCUT2D eigenvalue weighted by Crippen LogP contribution is 2.18. The molecule has 2 aromatic rings. The Balaban J connectivity index is 1.76. The second kappa shape index (κ2) is 8.82. The van der Waals surface area contributed by atoms with Crippen molar-refractivity contribution in [2.45, 2.75) is 19.8 Å². The molecule has 128 valence electrons. The molecule has 0 amide bonds. The summed E-state index contributed by atoms with van der Waals surface area (Å²) in [5, 5.41) is 3.03. The lowest BCUT2D eigenvalue weighted by atomic mass is 10.0. The monoisotopic (exact) mass is 327 g/mol. The molecule has 0 bridgehead atoms. The first-order chi connectivity index (χ1) is 11.6. The lowest BCUT2D eigenvalue weighted by molar-refractivity contribution is 0.328. The summed E-state index contributed by atoms with van der Waals surface area (Å²) in [6.45, 7) is 5.30. The molecular weight excluding hydrogens is 302 g/mol. The minimum Gasteiger partial charge on any atom is -0.497 e. The van der Waals surface area contributed by atoms with Crippen LogP contribution in [0.5, 0.6) is 11.5 Å². The van der Waals surface area contributed by atoms with Crippen LogP contribution in [0.3, 0.4) is 0 Å². The fourth-order valence-electron chi connectivity index (χ4n) is 2.14. The van der Waals surface area contributed by atoms with Crippen LogP contribution in [0.1, 0.15) is 25.3 Å². The standard InChI is InChI=1S/C19H25N3O2/c1-14(2)15-4-8-18(9-5-15)24-13-12-21-19(20)22-16-6-10-17(23-3)11-7-16/h4-11,14H,12-13H2,1-3H3,(H3,20,21,22). The molecule has 24 heavy (non-hydrogen) atoms. The maximum Gasteiger partial charge on any atom is 0.193 e. The van der Waals surface area contributed by atoms with Crippen LogP contribution in [0, 0.1) is 0 Å². The van der Waals surface area contributed by atoms with Gasteiger partial charge in [-0.3, -0.25) is 0 Å². The van der Waals surface area contributed by atoms with Gasteiger partial charge in [0.05, 0.1) is 13.7 Å². The number of nitrogens with two attached hydrogens (primary N) is 1. The molecule has 2 rings (SSSR count). The predicted molar refractivity (Wildman–Crippen MR) is 99.1 cm³/mol. The lowest BCUT2D eigenvalue weighted by Gasteiger charge is -2.09. The average Bonchev–Trinajstić information content (AvgIpc) is 2.60. The summed E-state index contributed by atoms with van der Waals surface area (Å²) in [4.78, 5) is 4.25. The summed E-state index contributed by atoms with van der Waals surface area (Å²) in [7, 11) is 1.63. The number of hydrogen-bond donors (Lipinski definition) is 2. The molecule has 0 aliphatic carbocycles. The molecule has 0 heterocycles. The first-order valence-corrected chi connectivity index (χ1v) is 8.02. The molecule has 0 aromatic heterocycles. The third kappa shape index (κ3) is 5.50. The predicted octanol–water partition coefficient (Wildman–Crippen LogP) is 3.62. The van der Waals surface area contributed by atoms with E-state index in [0.717, 1.165) is 17.2 Å². The zero-order valence-corrected chi connectivity index (χ0v) is 14.5. The van der Waals surface area contributed by atoms with Gasteiger partial charge in [0.1, 0.15) is 18.1 Å². The highest BCUT2D eigenvalue weighted by atomic mass is 16.5. The molecule has 3 N–H and O–H groups in total. The van der Waals surface area contributed by atoms with Crippen molar-refractivity contribution in [3.63, 3.8) is 0 Å². The quantitative estimate of drug-likeness (QED) is 0.463. The Labute approximate surface area is 143 Å². The van der Waals surface area contributed by atoms with Crippen molar-refractivity contribution >= 4 is 11.6 Å². The van der Waals surface area contributed by atoms with E-state index in [1.807, 2.05) is 36.4 Å². The lowest BCUT2D eigenvalue weighted by Crippen LogP contribution is -2.23. The highest BCUT2D eigenvalue weighted by molar-refractivity contribution is 5.92. The molecule has 0 aliphatic heterocycles. The van der Waals surface area contributed by atoms with E-state index >= 15 is 0 Å². The van der Waals surface area contributed by atoms with Gasteiger partial charge >= 0.3 is 0 Å². The van der Waals surface area contributed by atoms with Crippen molar-refractivity contribution in [2.24, 2.45) is 10.7 Å². The van der Waals surface area contributed by atoms with Gasteiger partial charge in [0.15, 0.2) is 5.96 Å². The molecule has 0 saturated heterocycles. The molecular formula is C19H25N3O2. The molecule has 0 aliphatic rings. The van der Waals surface area contributed by atoms with Crippen molar-refractivity contribution in [2.75, 3.05) is 25.6 Å². The number of nitrogens with one attached hydrogen (secondary N) is 1. The summed E-state index contributed by atoms with van der Waals surface area (Å²) >= 11 is 0. The van der Waals surface area contributed by atoms with Crippen LogP contribution in [0.15, 0.2) is 53.5 Å². The van der Waals surface area contributed by atoms with E-state index in [9.17, 15) is 0 Å². The normalized spacial score (nSPS) is 11.4. The van der Waals surface area contributed by atoms with Gasteiger partial charge in [0.25, 0.3) is 0 Å². The third-order valence-corrected chi connectivity index (χ3v) is 3.55. The largest absolute Gasteiger partial charge is 0.497 e. The molecule has 0 saturated carbocycles. The summed E-state index contributed by atoms with van der Waals surface area (Å²) in [5.41, 5.74) is 8.02. The minimum atomic E-state index is 0.360.